The van der Waals surface area contributed by atoms with Crippen LogP contribution in [0.5, 0.6) is 0 Å². The van der Waals surface area contributed by atoms with Crippen molar-refractivity contribution < 1.29 is 14.3 Å². The molecule has 0 radical (unpaired) electrons. The molecule has 6 nitrogen and oxygen atoms in total. The smallest absolute Gasteiger partial charge is 0.410 e. The number of amides is 2. The predicted octanol–water partition coefficient (Wildman–Crippen LogP) is 0.589. The maximum absolute atomic E-state index is 12.0. The molecule has 6 heteroatoms. The first-order valence-corrected chi connectivity index (χ1v) is 6.13. The molecule has 0 unspecified atom stereocenters. The Hall–Kier alpha value is -1.30. The molecule has 0 aromatic rings. The van der Waals surface area contributed by atoms with Gasteiger partial charge in [-0.2, -0.15) is 0 Å². The molecule has 0 spiro atoms. The number of hydrogen-bond acceptors (Lipinski definition) is 4. The van der Waals surface area contributed by atoms with Crippen molar-refractivity contribution in [3.05, 3.63) is 0 Å². The minimum atomic E-state index is -1.02. The summed E-state index contributed by atoms with van der Waals surface area (Å²) in [6.45, 7) is 7.67. The lowest BCUT2D eigenvalue weighted by molar-refractivity contribution is -0.125. The maximum Gasteiger partial charge on any atom is 0.410 e. The van der Waals surface area contributed by atoms with E-state index in [1.54, 1.807) is 4.90 Å². The summed E-state index contributed by atoms with van der Waals surface area (Å²) in [5.41, 5.74) is 9.67. The van der Waals surface area contributed by atoms with Gasteiger partial charge in [-0.1, -0.05) is 0 Å². The average molecular weight is 257 g/mol. The van der Waals surface area contributed by atoms with Crippen molar-refractivity contribution >= 4 is 12.0 Å². The number of nitrogens with two attached hydrogens (primary N) is 2. The normalized spacial score (nSPS) is 28.9. The van der Waals surface area contributed by atoms with Gasteiger partial charge in [-0.25, -0.2) is 4.79 Å². The van der Waals surface area contributed by atoms with Gasteiger partial charge in [-0.05, 0) is 40.5 Å². The van der Waals surface area contributed by atoms with Gasteiger partial charge in [0.05, 0.1) is 5.54 Å². The highest BCUT2D eigenvalue weighted by molar-refractivity contribution is 5.85. The number of carbonyl (C=O) groups excluding carboxylic acids is 2. The van der Waals surface area contributed by atoms with E-state index in [-0.39, 0.29) is 12.1 Å². The Morgan fingerprint density at radius 2 is 1.94 bits per heavy atom. The quantitative estimate of drug-likeness (QED) is 0.718. The summed E-state index contributed by atoms with van der Waals surface area (Å²) < 4.78 is 5.31. The molecular weight excluding hydrogens is 234 g/mol. The molecule has 0 aliphatic carbocycles. The number of nitrogens with zero attached hydrogens (tertiary/aromatic N) is 1. The van der Waals surface area contributed by atoms with Crippen LogP contribution in [0.1, 0.15) is 40.5 Å². The molecule has 1 aliphatic rings. The number of ether oxygens (including phenoxy) is 1. The fraction of sp³-hybridized carbons (Fsp3) is 0.833. The SMILES string of the molecule is C[C@H]1C[C@](N)(C(N)=O)CCN1C(=O)OC(C)(C)C. The molecule has 1 aliphatic heterocycles. The number of hydrogen-bond donors (Lipinski definition) is 2. The molecule has 0 bridgehead atoms. The van der Waals surface area contributed by atoms with E-state index in [9.17, 15) is 9.59 Å². The molecule has 1 heterocycles. The molecular formula is C12H23N3O3. The highest BCUT2D eigenvalue weighted by atomic mass is 16.6. The van der Waals surface area contributed by atoms with E-state index in [1.807, 2.05) is 27.7 Å². The van der Waals surface area contributed by atoms with Crippen molar-refractivity contribution in [2.45, 2.75) is 57.7 Å². The topological polar surface area (TPSA) is 98.6 Å². The first kappa shape index (κ1) is 14.8. The molecule has 1 fully saturated rings. The average Bonchev–Trinajstić information content (AvgIpc) is 2.13. The Morgan fingerprint density at radius 3 is 2.33 bits per heavy atom. The Balaban J connectivity index is 2.68. The van der Waals surface area contributed by atoms with E-state index in [0.717, 1.165) is 0 Å². The van der Waals surface area contributed by atoms with Crippen LogP contribution < -0.4 is 11.5 Å². The molecule has 104 valence electrons. The van der Waals surface area contributed by atoms with Gasteiger partial charge in [0.2, 0.25) is 5.91 Å². The van der Waals surface area contributed by atoms with Crippen molar-refractivity contribution in [1.29, 1.82) is 0 Å². The second-order valence-corrected chi connectivity index (χ2v) is 6.00. The van der Waals surface area contributed by atoms with Gasteiger partial charge >= 0.3 is 6.09 Å². The summed E-state index contributed by atoms with van der Waals surface area (Å²) in [6.07, 6.45) is 0.356. The maximum atomic E-state index is 12.0. The molecule has 1 rings (SSSR count). The summed E-state index contributed by atoms with van der Waals surface area (Å²) in [5, 5.41) is 0. The molecule has 0 aromatic heterocycles. The first-order chi connectivity index (χ1) is 8.05. The fourth-order valence-electron chi connectivity index (χ4n) is 2.10. The van der Waals surface area contributed by atoms with Crippen LogP contribution >= 0.6 is 0 Å². The first-order valence-electron chi connectivity index (χ1n) is 6.13. The van der Waals surface area contributed by atoms with Gasteiger partial charge in [0, 0.05) is 12.6 Å². The summed E-state index contributed by atoms with van der Waals surface area (Å²) >= 11 is 0. The predicted molar refractivity (Wildman–Crippen MR) is 67.7 cm³/mol. The third-order valence-corrected chi connectivity index (χ3v) is 3.11. The van der Waals surface area contributed by atoms with Crippen LogP contribution in [0, 0.1) is 0 Å². The van der Waals surface area contributed by atoms with Gasteiger partial charge in [0.25, 0.3) is 0 Å². The number of carbonyl (C=O) groups is 2. The molecule has 4 N–H and O–H groups in total. The monoisotopic (exact) mass is 257 g/mol. The molecule has 2 amide bonds. The zero-order valence-corrected chi connectivity index (χ0v) is 11.5. The van der Waals surface area contributed by atoms with Crippen molar-refractivity contribution in [2.75, 3.05) is 6.54 Å². The fourth-order valence-corrected chi connectivity index (χ4v) is 2.10. The lowest BCUT2D eigenvalue weighted by Gasteiger charge is -2.41. The van der Waals surface area contributed by atoms with Crippen LogP contribution in [0.4, 0.5) is 4.79 Å². The largest absolute Gasteiger partial charge is 0.444 e. The van der Waals surface area contributed by atoms with Crippen LogP contribution in [0.25, 0.3) is 0 Å². The zero-order chi connectivity index (χ0) is 14.1. The van der Waals surface area contributed by atoms with E-state index in [2.05, 4.69) is 0 Å². The van der Waals surface area contributed by atoms with E-state index in [0.29, 0.717) is 19.4 Å². The summed E-state index contributed by atoms with van der Waals surface area (Å²) in [7, 11) is 0. The Kier molecular flexibility index (Phi) is 3.90. The molecule has 0 aromatic carbocycles. The minimum absolute atomic E-state index is 0.161. The Bertz CT molecular complexity index is 351. The summed E-state index contributed by atoms with van der Waals surface area (Å²) in [5.74, 6) is -0.516. The van der Waals surface area contributed by atoms with E-state index >= 15 is 0 Å². The van der Waals surface area contributed by atoms with Crippen LogP contribution in [0.2, 0.25) is 0 Å². The van der Waals surface area contributed by atoms with Crippen LogP contribution in [-0.2, 0) is 9.53 Å². The second-order valence-electron chi connectivity index (χ2n) is 6.00. The minimum Gasteiger partial charge on any atom is -0.444 e. The third kappa shape index (κ3) is 3.35. The summed E-state index contributed by atoms with van der Waals surface area (Å²) in [6, 6.07) is -0.161. The van der Waals surface area contributed by atoms with Crippen LogP contribution in [-0.4, -0.2) is 40.6 Å². The highest BCUT2D eigenvalue weighted by Crippen LogP contribution is 2.26. The van der Waals surface area contributed by atoms with Gasteiger partial charge in [-0.15, -0.1) is 0 Å². The Labute approximate surface area is 108 Å². The second kappa shape index (κ2) is 4.76. The molecule has 1 saturated heterocycles. The number of piperidine rings is 1. The lowest BCUT2D eigenvalue weighted by Crippen LogP contribution is -2.61. The lowest BCUT2D eigenvalue weighted by atomic mass is 9.84. The van der Waals surface area contributed by atoms with Gasteiger partial charge < -0.3 is 21.1 Å². The van der Waals surface area contributed by atoms with Gasteiger partial charge in [0.15, 0.2) is 0 Å². The van der Waals surface area contributed by atoms with Crippen LogP contribution in [0.3, 0.4) is 0 Å². The van der Waals surface area contributed by atoms with Crippen LogP contribution in [0.15, 0.2) is 0 Å². The third-order valence-electron chi connectivity index (χ3n) is 3.11. The van der Waals surface area contributed by atoms with Crippen molar-refractivity contribution in [1.82, 2.24) is 4.90 Å². The van der Waals surface area contributed by atoms with Crippen molar-refractivity contribution in [3.63, 3.8) is 0 Å². The molecule has 2 atom stereocenters. The van der Waals surface area contributed by atoms with Gasteiger partial charge in [0.1, 0.15) is 5.60 Å². The van der Waals surface area contributed by atoms with E-state index in [4.69, 9.17) is 16.2 Å². The number of rotatable bonds is 1. The Morgan fingerprint density at radius 1 is 1.39 bits per heavy atom. The van der Waals surface area contributed by atoms with E-state index in [1.165, 1.54) is 0 Å². The standard InChI is InChI=1S/C12H23N3O3/c1-8-7-12(14,9(13)16)5-6-15(8)10(17)18-11(2,3)4/h8H,5-7,14H2,1-4H3,(H2,13,16)/t8-,12-/m0/s1. The van der Waals surface area contributed by atoms with Crippen molar-refractivity contribution in [2.24, 2.45) is 11.5 Å². The molecule has 0 saturated carbocycles. The van der Waals surface area contributed by atoms with Crippen molar-refractivity contribution in [3.8, 4) is 0 Å². The number of primary amides is 1. The summed E-state index contributed by atoms with van der Waals surface area (Å²) in [4.78, 5) is 24.8. The molecule has 18 heavy (non-hydrogen) atoms. The highest BCUT2D eigenvalue weighted by Gasteiger charge is 2.42. The van der Waals surface area contributed by atoms with E-state index < -0.39 is 17.0 Å². The number of likely N-dealkylation sites (tertiary alicyclic amines) is 1. The van der Waals surface area contributed by atoms with Gasteiger partial charge in [-0.3, -0.25) is 4.79 Å². The zero-order valence-electron chi connectivity index (χ0n) is 11.5.